The zero-order chi connectivity index (χ0) is 18.8. The molecule has 0 bridgehead atoms. The van der Waals surface area contributed by atoms with Gasteiger partial charge in [-0.15, -0.1) is 0 Å². The van der Waals surface area contributed by atoms with Crippen molar-refractivity contribution < 1.29 is 4.79 Å². The molecule has 0 aliphatic carbocycles. The fourth-order valence-electron chi connectivity index (χ4n) is 3.67. The van der Waals surface area contributed by atoms with Crippen LogP contribution in [0.15, 0.2) is 60.9 Å². The molecule has 0 spiro atoms. The SMILES string of the molecule is Cc1ccc(C2CCCN2C(=O)c2cnn(Cc3ccccc3Cl)c2)cc1. The average Bonchev–Trinajstić information content (AvgIpc) is 3.33. The summed E-state index contributed by atoms with van der Waals surface area (Å²) in [6, 6.07) is 16.3. The standard InChI is InChI=1S/C22H22ClN3O/c1-16-8-10-17(11-9-16)21-7-4-12-26(21)22(27)19-13-24-25(15-19)14-18-5-2-3-6-20(18)23/h2-3,5-6,8-11,13,15,21H,4,7,12,14H2,1H3. The quantitative estimate of drug-likeness (QED) is 0.648. The van der Waals surface area contributed by atoms with Crippen molar-refractivity contribution in [1.82, 2.24) is 14.7 Å². The number of benzene rings is 2. The van der Waals surface area contributed by atoms with Crippen molar-refractivity contribution in [1.29, 1.82) is 0 Å². The zero-order valence-electron chi connectivity index (χ0n) is 15.3. The summed E-state index contributed by atoms with van der Waals surface area (Å²) in [6.45, 7) is 3.41. The highest BCUT2D eigenvalue weighted by Gasteiger charge is 2.31. The Morgan fingerprint density at radius 1 is 1.19 bits per heavy atom. The van der Waals surface area contributed by atoms with E-state index in [0.29, 0.717) is 17.1 Å². The van der Waals surface area contributed by atoms with Gasteiger partial charge in [0.25, 0.3) is 5.91 Å². The predicted molar refractivity (Wildman–Crippen MR) is 107 cm³/mol. The van der Waals surface area contributed by atoms with Crippen LogP contribution in [0.25, 0.3) is 0 Å². The van der Waals surface area contributed by atoms with Crippen LogP contribution in [0.2, 0.25) is 5.02 Å². The van der Waals surface area contributed by atoms with E-state index in [1.54, 1.807) is 10.9 Å². The lowest BCUT2D eigenvalue weighted by Crippen LogP contribution is -2.30. The third-order valence-electron chi connectivity index (χ3n) is 5.15. The van der Waals surface area contributed by atoms with Gasteiger partial charge in [-0.3, -0.25) is 9.48 Å². The normalized spacial score (nSPS) is 16.7. The molecule has 5 heteroatoms. The van der Waals surface area contributed by atoms with E-state index in [4.69, 9.17) is 11.6 Å². The second kappa shape index (κ2) is 7.57. The third kappa shape index (κ3) is 3.76. The minimum absolute atomic E-state index is 0.0449. The van der Waals surface area contributed by atoms with Crippen LogP contribution in [0.5, 0.6) is 0 Å². The Bertz CT molecular complexity index is 948. The molecule has 27 heavy (non-hydrogen) atoms. The average molecular weight is 380 g/mol. The second-order valence-corrected chi connectivity index (χ2v) is 7.49. The van der Waals surface area contributed by atoms with Crippen molar-refractivity contribution >= 4 is 17.5 Å². The highest BCUT2D eigenvalue weighted by molar-refractivity contribution is 6.31. The largest absolute Gasteiger partial charge is 0.332 e. The van der Waals surface area contributed by atoms with Gasteiger partial charge in [-0.2, -0.15) is 5.10 Å². The minimum atomic E-state index is 0.0449. The van der Waals surface area contributed by atoms with Gasteiger partial charge in [-0.1, -0.05) is 59.6 Å². The molecule has 2 aromatic carbocycles. The number of hydrogen-bond acceptors (Lipinski definition) is 2. The molecule has 4 rings (SSSR count). The lowest BCUT2D eigenvalue weighted by atomic mass is 10.0. The molecule has 1 aromatic heterocycles. The van der Waals surface area contributed by atoms with Gasteiger partial charge in [-0.25, -0.2) is 0 Å². The molecule has 1 fully saturated rings. The van der Waals surface area contributed by atoms with E-state index in [1.807, 2.05) is 35.4 Å². The number of aryl methyl sites for hydroxylation is 1. The molecule has 1 unspecified atom stereocenters. The lowest BCUT2D eigenvalue weighted by molar-refractivity contribution is 0.0735. The number of rotatable bonds is 4. The summed E-state index contributed by atoms with van der Waals surface area (Å²) in [5.74, 6) is 0.0449. The van der Waals surface area contributed by atoms with Gasteiger partial charge in [0.05, 0.1) is 24.3 Å². The van der Waals surface area contributed by atoms with Gasteiger partial charge in [0, 0.05) is 17.8 Å². The Hall–Kier alpha value is -2.59. The Morgan fingerprint density at radius 3 is 2.74 bits per heavy atom. The minimum Gasteiger partial charge on any atom is -0.332 e. The van der Waals surface area contributed by atoms with Crippen molar-refractivity contribution in [3.05, 3.63) is 88.2 Å². The fourth-order valence-corrected chi connectivity index (χ4v) is 3.87. The van der Waals surface area contributed by atoms with E-state index < -0.39 is 0 Å². The molecule has 0 N–H and O–H groups in total. The van der Waals surface area contributed by atoms with Crippen LogP contribution in [-0.4, -0.2) is 27.1 Å². The fraction of sp³-hybridized carbons (Fsp3) is 0.273. The van der Waals surface area contributed by atoms with Crippen molar-refractivity contribution in [3.8, 4) is 0 Å². The summed E-state index contributed by atoms with van der Waals surface area (Å²) in [4.78, 5) is 15.1. The Balaban J connectivity index is 1.51. The van der Waals surface area contributed by atoms with Crippen LogP contribution in [0.3, 0.4) is 0 Å². The van der Waals surface area contributed by atoms with E-state index in [2.05, 4.69) is 36.3 Å². The summed E-state index contributed by atoms with van der Waals surface area (Å²) < 4.78 is 1.77. The first kappa shape index (κ1) is 17.8. The highest BCUT2D eigenvalue weighted by Crippen LogP contribution is 2.33. The number of hydrogen-bond donors (Lipinski definition) is 0. The van der Waals surface area contributed by atoms with Crippen LogP contribution >= 0.6 is 11.6 Å². The molecule has 0 radical (unpaired) electrons. The van der Waals surface area contributed by atoms with Gasteiger partial charge in [0.15, 0.2) is 0 Å². The Morgan fingerprint density at radius 2 is 1.96 bits per heavy atom. The van der Waals surface area contributed by atoms with Crippen molar-refractivity contribution in [2.75, 3.05) is 6.54 Å². The topological polar surface area (TPSA) is 38.1 Å². The highest BCUT2D eigenvalue weighted by atomic mass is 35.5. The van der Waals surface area contributed by atoms with Crippen LogP contribution in [0.1, 0.15) is 45.9 Å². The molecule has 2 heterocycles. The molecule has 138 valence electrons. The van der Waals surface area contributed by atoms with Gasteiger partial charge in [-0.05, 0) is 37.0 Å². The Kier molecular flexibility index (Phi) is 4.99. The number of likely N-dealkylation sites (tertiary alicyclic amines) is 1. The molecule has 1 aliphatic heterocycles. The lowest BCUT2D eigenvalue weighted by Gasteiger charge is -2.24. The molecule has 1 amide bonds. The molecular weight excluding hydrogens is 358 g/mol. The van der Waals surface area contributed by atoms with Crippen LogP contribution in [0.4, 0.5) is 0 Å². The maximum atomic E-state index is 13.1. The first-order valence-electron chi connectivity index (χ1n) is 9.25. The molecule has 0 saturated carbocycles. The number of amides is 1. The van der Waals surface area contributed by atoms with E-state index in [-0.39, 0.29) is 11.9 Å². The smallest absolute Gasteiger partial charge is 0.257 e. The number of nitrogens with zero attached hydrogens (tertiary/aromatic N) is 3. The van der Waals surface area contributed by atoms with Crippen LogP contribution in [0, 0.1) is 6.92 Å². The maximum absolute atomic E-state index is 13.1. The van der Waals surface area contributed by atoms with E-state index >= 15 is 0 Å². The molecule has 1 saturated heterocycles. The van der Waals surface area contributed by atoms with E-state index in [9.17, 15) is 4.79 Å². The molecule has 1 aliphatic rings. The number of halogens is 1. The summed E-state index contributed by atoms with van der Waals surface area (Å²) in [6.07, 6.45) is 5.50. The number of carbonyl (C=O) groups is 1. The van der Waals surface area contributed by atoms with E-state index in [1.165, 1.54) is 11.1 Å². The summed E-state index contributed by atoms with van der Waals surface area (Å²) in [5.41, 5.74) is 4.05. The van der Waals surface area contributed by atoms with Crippen LogP contribution in [-0.2, 0) is 6.54 Å². The monoisotopic (exact) mass is 379 g/mol. The van der Waals surface area contributed by atoms with Crippen molar-refractivity contribution in [3.63, 3.8) is 0 Å². The van der Waals surface area contributed by atoms with Gasteiger partial charge >= 0.3 is 0 Å². The van der Waals surface area contributed by atoms with E-state index in [0.717, 1.165) is 24.9 Å². The second-order valence-electron chi connectivity index (χ2n) is 7.09. The van der Waals surface area contributed by atoms with Crippen molar-refractivity contribution in [2.45, 2.75) is 32.4 Å². The predicted octanol–water partition coefficient (Wildman–Crippen LogP) is 4.87. The molecule has 3 aromatic rings. The summed E-state index contributed by atoms with van der Waals surface area (Å²) in [5, 5.41) is 5.07. The van der Waals surface area contributed by atoms with Gasteiger partial charge < -0.3 is 4.90 Å². The van der Waals surface area contributed by atoms with Gasteiger partial charge in [0.1, 0.15) is 0 Å². The summed E-state index contributed by atoms with van der Waals surface area (Å²) >= 11 is 6.23. The maximum Gasteiger partial charge on any atom is 0.257 e. The number of aromatic nitrogens is 2. The third-order valence-corrected chi connectivity index (χ3v) is 5.51. The Labute approximate surface area is 164 Å². The molecular formula is C22H22ClN3O. The zero-order valence-corrected chi connectivity index (χ0v) is 16.1. The van der Waals surface area contributed by atoms with Crippen molar-refractivity contribution in [2.24, 2.45) is 0 Å². The number of carbonyl (C=O) groups excluding carboxylic acids is 1. The molecule has 1 atom stereocenters. The first-order valence-corrected chi connectivity index (χ1v) is 9.63. The van der Waals surface area contributed by atoms with Crippen LogP contribution < -0.4 is 0 Å². The molecule has 4 nitrogen and oxygen atoms in total. The first-order chi connectivity index (χ1) is 13.1. The van der Waals surface area contributed by atoms with Gasteiger partial charge in [0.2, 0.25) is 0 Å². The summed E-state index contributed by atoms with van der Waals surface area (Å²) in [7, 11) is 0.